The van der Waals surface area contributed by atoms with Gasteiger partial charge in [-0.25, -0.2) is 12.8 Å². The summed E-state index contributed by atoms with van der Waals surface area (Å²) in [4.78, 5) is 0. The van der Waals surface area contributed by atoms with Gasteiger partial charge in [0, 0.05) is 15.6 Å². The average molecular weight is 283 g/mol. The fourth-order valence-electron chi connectivity index (χ4n) is 1.36. The van der Waals surface area contributed by atoms with Gasteiger partial charge in [0.1, 0.15) is 5.82 Å². The van der Waals surface area contributed by atoms with E-state index in [1.807, 2.05) is 0 Å². The van der Waals surface area contributed by atoms with Crippen LogP contribution in [0.25, 0.3) is 0 Å². The zero-order valence-corrected chi connectivity index (χ0v) is 9.19. The Bertz CT molecular complexity index is 587. The number of hydrogen-bond donors (Lipinski definition) is 0. The van der Waals surface area contributed by atoms with E-state index in [2.05, 4.69) is 15.9 Å². The Kier molecular flexibility index (Phi) is 1.42. The van der Waals surface area contributed by atoms with Gasteiger partial charge in [-0.15, -0.1) is 0 Å². The molecule has 0 N–H and O–H groups in total. The molecule has 0 atom stereocenters. The number of sulfonamides is 1. The lowest BCUT2D eigenvalue weighted by molar-refractivity contribution is 0.594. The van der Waals surface area contributed by atoms with Gasteiger partial charge in [-0.1, -0.05) is 15.9 Å². The molecule has 6 heteroatoms. The summed E-state index contributed by atoms with van der Waals surface area (Å²) in [6, 6.07) is 2.44. The maximum Gasteiger partial charge on any atom is 0.239 e. The van der Waals surface area contributed by atoms with Crippen LogP contribution in [0.4, 0.5) is 10.1 Å². The smallest absolute Gasteiger partial charge is 0.239 e. The first-order valence-electron chi connectivity index (χ1n) is 5.14. The Morgan fingerprint density at radius 3 is 3.00 bits per heavy atom. The van der Waals surface area contributed by atoms with E-state index in [1.54, 1.807) is 0 Å². The van der Waals surface area contributed by atoms with Crippen molar-refractivity contribution in [2.45, 2.75) is 5.75 Å². The molecule has 3 nitrogen and oxygen atoms in total. The average Bonchev–Trinajstić information content (AvgIpc) is 2.33. The van der Waals surface area contributed by atoms with Gasteiger partial charge in [0.05, 0.1) is 11.4 Å². The van der Waals surface area contributed by atoms with Crippen molar-refractivity contribution in [3.05, 3.63) is 28.0 Å². The fraction of sp³-hybridized carbons (Fsp3) is 0.250. The van der Waals surface area contributed by atoms with Crippen LogP contribution in [0.1, 0.15) is 9.68 Å². The van der Waals surface area contributed by atoms with Crippen LogP contribution < -0.4 is 4.31 Å². The van der Waals surface area contributed by atoms with Crippen LogP contribution in [0.15, 0.2) is 16.6 Å². The van der Waals surface area contributed by atoms with E-state index in [-0.39, 0.29) is 15.6 Å². The van der Waals surface area contributed by atoms with Gasteiger partial charge in [0.2, 0.25) is 10.0 Å². The Labute approximate surface area is 93.9 Å². The zero-order chi connectivity index (χ0) is 13.0. The molecule has 14 heavy (non-hydrogen) atoms. The summed E-state index contributed by atoms with van der Waals surface area (Å²) in [7, 11) is -4.03. The largest absolute Gasteiger partial charge is 0.270 e. The summed E-state index contributed by atoms with van der Waals surface area (Å²) in [5, 5.41) is 0. The number of halogens is 2. The number of fused-ring (bicyclic) bond motifs is 1. The van der Waals surface area contributed by atoms with Crippen molar-refractivity contribution in [1.82, 2.24) is 0 Å². The van der Waals surface area contributed by atoms with Crippen molar-refractivity contribution in [2.75, 3.05) is 11.3 Å². The quantitative estimate of drug-likeness (QED) is 0.729. The number of nitrogens with zero attached hydrogens (tertiary/aromatic N) is 1. The summed E-state index contributed by atoms with van der Waals surface area (Å²) in [6.45, 7) is -2.92. The maximum absolute atomic E-state index is 13.7. The van der Waals surface area contributed by atoms with Gasteiger partial charge in [-0.2, -0.15) is 0 Å². The van der Waals surface area contributed by atoms with E-state index in [0.717, 1.165) is 6.07 Å². The molecule has 2 rings (SSSR count). The SMILES string of the molecule is [2H]C([2H])([2H])N1c2c(F)cc(Br)cc2CS1(=O)=O. The van der Waals surface area contributed by atoms with Crippen LogP contribution in [-0.2, 0) is 15.8 Å². The highest BCUT2D eigenvalue weighted by Gasteiger charge is 2.32. The van der Waals surface area contributed by atoms with Gasteiger partial charge in [0.15, 0.2) is 0 Å². The van der Waals surface area contributed by atoms with E-state index in [9.17, 15) is 12.8 Å². The summed E-state index contributed by atoms with van der Waals surface area (Å²) < 4.78 is 59.2. The van der Waals surface area contributed by atoms with Gasteiger partial charge in [-0.05, 0) is 17.7 Å². The molecule has 0 radical (unpaired) electrons. The minimum atomic E-state index is -4.03. The molecular weight excluding hydrogens is 273 g/mol. The summed E-state index contributed by atoms with van der Waals surface area (Å²) in [6.07, 6.45) is 0. The molecule has 1 heterocycles. The predicted octanol–water partition coefficient (Wildman–Crippen LogP) is 1.87. The Morgan fingerprint density at radius 1 is 1.64 bits per heavy atom. The zero-order valence-electron chi connectivity index (χ0n) is 9.79. The number of hydrogen-bond acceptors (Lipinski definition) is 2. The molecule has 0 unspecified atom stereocenters. The molecule has 0 aromatic heterocycles. The fourth-order valence-corrected chi connectivity index (χ4v) is 3.06. The second-order valence-electron chi connectivity index (χ2n) is 2.92. The molecule has 1 aromatic carbocycles. The van der Waals surface area contributed by atoms with Crippen LogP contribution in [0.2, 0.25) is 0 Å². The third kappa shape index (κ3) is 1.33. The van der Waals surface area contributed by atoms with E-state index in [1.165, 1.54) is 6.07 Å². The summed E-state index contributed by atoms with van der Waals surface area (Å²) in [5.41, 5.74) is -0.235. The molecule has 0 saturated carbocycles. The number of anilines is 1. The Balaban J connectivity index is 2.73. The Morgan fingerprint density at radius 2 is 2.36 bits per heavy atom. The van der Waals surface area contributed by atoms with Crippen molar-refractivity contribution in [3.8, 4) is 0 Å². The van der Waals surface area contributed by atoms with Crippen LogP contribution in [-0.4, -0.2) is 15.4 Å². The first kappa shape index (κ1) is 6.79. The normalized spacial score (nSPS) is 22.4. The van der Waals surface area contributed by atoms with Crippen LogP contribution >= 0.6 is 15.9 Å². The van der Waals surface area contributed by atoms with E-state index in [4.69, 9.17) is 4.11 Å². The topological polar surface area (TPSA) is 37.4 Å². The number of rotatable bonds is 0. The highest BCUT2D eigenvalue weighted by Crippen LogP contribution is 2.36. The first-order chi connectivity index (χ1) is 7.63. The van der Waals surface area contributed by atoms with Crippen LogP contribution in [0.3, 0.4) is 0 Å². The molecule has 1 aliphatic heterocycles. The van der Waals surface area contributed by atoms with Crippen LogP contribution in [0, 0.1) is 5.82 Å². The third-order valence-corrected chi connectivity index (χ3v) is 3.80. The second-order valence-corrected chi connectivity index (χ2v) is 5.65. The minimum absolute atomic E-state index is 0.146. The molecule has 0 aliphatic carbocycles. The Hall–Kier alpha value is -0.620. The second kappa shape index (κ2) is 2.93. The lowest BCUT2D eigenvalue weighted by atomic mass is 10.2. The molecule has 76 valence electrons. The molecule has 0 fully saturated rings. The van der Waals surface area contributed by atoms with Crippen molar-refractivity contribution < 1.29 is 16.9 Å². The summed E-state index contributed by atoms with van der Waals surface area (Å²) >= 11 is 3.03. The minimum Gasteiger partial charge on any atom is -0.270 e. The first-order valence-corrected chi connectivity index (χ1v) is 6.04. The molecule has 0 saturated heterocycles. The van der Waals surface area contributed by atoms with Gasteiger partial charge < -0.3 is 0 Å². The van der Waals surface area contributed by atoms with E-state index >= 15 is 0 Å². The van der Waals surface area contributed by atoms with Crippen molar-refractivity contribution >= 4 is 31.6 Å². The molecule has 1 aromatic rings. The summed E-state index contributed by atoms with van der Waals surface area (Å²) in [5.74, 6) is -1.37. The lowest BCUT2D eigenvalue weighted by Gasteiger charge is -2.11. The van der Waals surface area contributed by atoms with Crippen molar-refractivity contribution in [3.63, 3.8) is 0 Å². The monoisotopic (exact) mass is 282 g/mol. The van der Waals surface area contributed by atoms with Crippen LogP contribution in [0.5, 0.6) is 0 Å². The third-order valence-electron chi connectivity index (χ3n) is 1.93. The standard InChI is InChI=1S/C8H7BrFNO2S/c1-11-8-5(4-14(11,12)13)2-6(9)3-7(8)10/h2-3H,4H2,1H3/i1D3. The predicted molar refractivity (Wildman–Crippen MR) is 55.1 cm³/mol. The number of benzene rings is 1. The maximum atomic E-state index is 13.7. The molecule has 0 spiro atoms. The molecule has 0 bridgehead atoms. The highest BCUT2D eigenvalue weighted by molar-refractivity contribution is 9.10. The van der Waals surface area contributed by atoms with E-state index < -0.39 is 28.6 Å². The molecule has 1 aliphatic rings. The molecule has 0 amide bonds. The van der Waals surface area contributed by atoms with E-state index in [0.29, 0.717) is 4.47 Å². The van der Waals surface area contributed by atoms with Gasteiger partial charge >= 0.3 is 0 Å². The van der Waals surface area contributed by atoms with Gasteiger partial charge in [-0.3, -0.25) is 4.31 Å². The highest BCUT2D eigenvalue weighted by atomic mass is 79.9. The van der Waals surface area contributed by atoms with Gasteiger partial charge in [0.25, 0.3) is 0 Å². The van der Waals surface area contributed by atoms with Crippen molar-refractivity contribution in [2.24, 2.45) is 0 Å². The molecular formula is C8H7BrFNO2S. The van der Waals surface area contributed by atoms with Crippen molar-refractivity contribution in [1.29, 1.82) is 0 Å². The lowest BCUT2D eigenvalue weighted by Crippen LogP contribution is -2.21.